The van der Waals surface area contributed by atoms with Crippen molar-refractivity contribution >= 4 is 0 Å². The largest absolute Gasteiger partial charge is 0.352 e. The molecule has 0 bridgehead atoms. The Morgan fingerprint density at radius 3 is 3.00 bits per heavy atom. The molecule has 2 atom stereocenters. The summed E-state index contributed by atoms with van der Waals surface area (Å²) in [6.07, 6.45) is 5.55. The Morgan fingerprint density at radius 2 is 2.35 bits per heavy atom. The molecular weight excluding hydrogens is 220 g/mol. The van der Waals surface area contributed by atoms with Crippen molar-refractivity contribution in [1.82, 2.24) is 9.55 Å². The topological polar surface area (TPSA) is 64.1 Å². The highest BCUT2D eigenvalue weighted by Gasteiger charge is 2.37. The Kier molecular flexibility index (Phi) is 3.19. The molecule has 5 heteroatoms. The van der Waals surface area contributed by atoms with Crippen molar-refractivity contribution in [3.8, 4) is 0 Å². The van der Waals surface area contributed by atoms with E-state index in [1.165, 1.54) is 16.8 Å². The van der Waals surface area contributed by atoms with Crippen molar-refractivity contribution in [2.75, 3.05) is 0 Å². The molecule has 2 unspecified atom stereocenters. The molecule has 1 aliphatic rings. The number of ether oxygens (including phenoxy) is 1. The van der Waals surface area contributed by atoms with Crippen LogP contribution in [-0.2, 0) is 10.5 Å². The van der Waals surface area contributed by atoms with Gasteiger partial charge in [-0.15, -0.1) is 0 Å². The van der Waals surface area contributed by atoms with Gasteiger partial charge in [0.15, 0.2) is 0 Å². The standard InChI is InChI=1S/C12H18N2O3/c1-3-4-9-5-7-12(2,17-9)14-8-6-10(15)13-11(14)16/h6,8-9H,3-5,7H2,1-2H3,(H,13,15,16). The highest BCUT2D eigenvalue weighted by Crippen LogP contribution is 2.34. The summed E-state index contributed by atoms with van der Waals surface area (Å²) in [5, 5.41) is 0. The van der Waals surface area contributed by atoms with Crippen LogP contribution in [0.4, 0.5) is 0 Å². The van der Waals surface area contributed by atoms with Gasteiger partial charge in [-0.3, -0.25) is 14.3 Å². The minimum Gasteiger partial charge on any atom is -0.352 e. The quantitative estimate of drug-likeness (QED) is 0.860. The number of rotatable bonds is 3. The lowest BCUT2D eigenvalue weighted by Crippen LogP contribution is -2.41. The lowest BCUT2D eigenvalue weighted by Gasteiger charge is -2.26. The summed E-state index contributed by atoms with van der Waals surface area (Å²) in [4.78, 5) is 25.0. The van der Waals surface area contributed by atoms with Crippen LogP contribution in [0.25, 0.3) is 0 Å². The molecule has 0 spiro atoms. The predicted octanol–water partition coefficient (Wildman–Crippen LogP) is 1.19. The molecule has 1 N–H and O–H groups in total. The maximum atomic E-state index is 11.7. The minimum atomic E-state index is -0.624. The number of hydrogen-bond donors (Lipinski definition) is 1. The van der Waals surface area contributed by atoms with E-state index < -0.39 is 11.4 Å². The molecule has 0 saturated carbocycles. The number of aromatic amines is 1. The van der Waals surface area contributed by atoms with Gasteiger partial charge in [0.1, 0.15) is 5.72 Å². The number of aromatic nitrogens is 2. The third kappa shape index (κ3) is 2.34. The van der Waals surface area contributed by atoms with Crippen LogP contribution in [0.5, 0.6) is 0 Å². The molecule has 94 valence electrons. The van der Waals surface area contributed by atoms with Crippen molar-refractivity contribution in [3.05, 3.63) is 33.1 Å². The van der Waals surface area contributed by atoms with Crippen molar-refractivity contribution in [2.24, 2.45) is 0 Å². The Labute approximate surface area is 99.4 Å². The van der Waals surface area contributed by atoms with E-state index >= 15 is 0 Å². The van der Waals surface area contributed by atoms with Crippen LogP contribution >= 0.6 is 0 Å². The first-order chi connectivity index (χ1) is 8.05. The van der Waals surface area contributed by atoms with Crippen molar-refractivity contribution in [1.29, 1.82) is 0 Å². The molecule has 5 nitrogen and oxygen atoms in total. The predicted molar refractivity (Wildman–Crippen MR) is 64.0 cm³/mol. The molecule has 0 aliphatic carbocycles. The van der Waals surface area contributed by atoms with Gasteiger partial charge < -0.3 is 4.74 Å². The van der Waals surface area contributed by atoms with E-state index in [4.69, 9.17) is 4.74 Å². The summed E-state index contributed by atoms with van der Waals surface area (Å²) < 4.78 is 7.41. The number of hydrogen-bond acceptors (Lipinski definition) is 3. The third-order valence-electron chi connectivity index (χ3n) is 3.29. The van der Waals surface area contributed by atoms with Crippen LogP contribution in [-0.4, -0.2) is 15.7 Å². The molecule has 0 radical (unpaired) electrons. The van der Waals surface area contributed by atoms with E-state index in [-0.39, 0.29) is 11.7 Å². The minimum absolute atomic E-state index is 0.212. The monoisotopic (exact) mass is 238 g/mol. The second kappa shape index (κ2) is 4.49. The van der Waals surface area contributed by atoms with Gasteiger partial charge in [0.05, 0.1) is 6.10 Å². The summed E-state index contributed by atoms with van der Waals surface area (Å²) in [6.45, 7) is 4.01. The van der Waals surface area contributed by atoms with Gasteiger partial charge in [0, 0.05) is 12.3 Å². The van der Waals surface area contributed by atoms with Crippen LogP contribution in [0.1, 0.15) is 39.5 Å². The van der Waals surface area contributed by atoms with E-state index in [2.05, 4.69) is 11.9 Å². The van der Waals surface area contributed by atoms with E-state index in [1.807, 2.05) is 6.92 Å². The van der Waals surface area contributed by atoms with Gasteiger partial charge in [0.2, 0.25) is 0 Å². The van der Waals surface area contributed by atoms with Crippen molar-refractivity contribution < 1.29 is 4.74 Å². The zero-order valence-corrected chi connectivity index (χ0v) is 10.2. The third-order valence-corrected chi connectivity index (χ3v) is 3.29. The van der Waals surface area contributed by atoms with E-state index in [0.29, 0.717) is 0 Å². The lowest BCUT2D eigenvalue weighted by molar-refractivity contribution is -0.0895. The summed E-state index contributed by atoms with van der Waals surface area (Å²) in [6, 6.07) is 1.35. The van der Waals surface area contributed by atoms with Crippen LogP contribution in [0.15, 0.2) is 21.9 Å². The normalized spacial score (nSPS) is 28.5. The van der Waals surface area contributed by atoms with Crippen molar-refractivity contribution in [3.63, 3.8) is 0 Å². The fourth-order valence-electron chi connectivity index (χ4n) is 2.40. The Balaban J connectivity index is 2.28. The smallest absolute Gasteiger partial charge is 0.330 e. The lowest BCUT2D eigenvalue weighted by atomic mass is 10.1. The molecule has 1 aromatic rings. The molecule has 2 heterocycles. The molecule has 1 saturated heterocycles. The molecule has 1 aliphatic heterocycles. The Hall–Kier alpha value is -1.36. The van der Waals surface area contributed by atoms with Crippen LogP contribution < -0.4 is 11.2 Å². The number of H-pyrrole nitrogens is 1. The van der Waals surface area contributed by atoms with Gasteiger partial charge in [-0.25, -0.2) is 4.79 Å². The Bertz CT molecular complexity index is 505. The highest BCUT2D eigenvalue weighted by atomic mass is 16.5. The SMILES string of the molecule is CCCC1CCC(C)(n2ccc(=O)[nH]c2=O)O1. The van der Waals surface area contributed by atoms with Crippen LogP contribution in [0.2, 0.25) is 0 Å². The molecule has 1 fully saturated rings. The van der Waals surface area contributed by atoms with Crippen LogP contribution in [0, 0.1) is 0 Å². The maximum absolute atomic E-state index is 11.7. The molecule has 0 amide bonds. The van der Waals surface area contributed by atoms with Gasteiger partial charge in [-0.05, 0) is 26.2 Å². The molecule has 1 aromatic heterocycles. The average molecular weight is 238 g/mol. The zero-order chi connectivity index (χ0) is 12.5. The highest BCUT2D eigenvalue weighted by molar-refractivity contribution is 4.90. The Morgan fingerprint density at radius 1 is 1.59 bits per heavy atom. The van der Waals surface area contributed by atoms with Crippen LogP contribution in [0.3, 0.4) is 0 Å². The number of nitrogens with zero attached hydrogens (tertiary/aromatic N) is 1. The van der Waals surface area contributed by atoms with E-state index in [9.17, 15) is 9.59 Å². The maximum Gasteiger partial charge on any atom is 0.330 e. The van der Waals surface area contributed by atoms with Gasteiger partial charge >= 0.3 is 5.69 Å². The fraction of sp³-hybridized carbons (Fsp3) is 0.667. The van der Waals surface area contributed by atoms with Crippen molar-refractivity contribution in [2.45, 2.75) is 51.4 Å². The molecule has 0 aromatic carbocycles. The van der Waals surface area contributed by atoms with E-state index in [0.717, 1.165) is 25.7 Å². The first kappa shape index (κ1) is 12.1. The fourth-order valence-corrected chi connectivity index (χ4v) is 2.40. The molecule has 2 rings (SSSR count). The molecule has 17 heavy (non-hydrogen) atoms. The summed E-state index contributed by atoms with van der Waals surface area (Å²) in [7, 11) is 0. The number of nitrogens with one attached hydrogen (secondary N) is 1. The zero-order valence-electron chi connectivity index (χ0n) is 10.2. The van der Waals surface area contributed by atoms with E-state index in [1.54, 1.807) is 0 Å². The first-order valence-corrected chi connectivity index (χ1v) is 6.05. The second-order valence-corrected chi connectivity index (χ2v) is 4.72. The van der Waals surface area contributed by atoms with Gasteiger partial charge in [0.25, 0.3) is 5.56 Å². The average Bonchev–Trinajstić information content (AvgIpc) is 2.61. The van der Waals surface area contributed by atoms with Gasteiger partial charge in [-0.1, -0.05) is 13.3 Å². The summed E-state index contributed by atoms with van der Waals surface area (Å²) >= 11 is 0. The second-order valence-electron chi connectivity index (χ2n) is 4.72. The molecular formula is C12H18N2O3. The summed E-state index contributed by atoms with van der Waals surface area (Å²) in [5.41, 5.74) is -1.41. The van der Waals surface area contributed by atoms with Gasteiger partial charge in [-0.2, -0.15) is 0 Å². The first-order valence-electron chi connectivity index (χ1n) is 6.05. The summed E-state index contributed by atoms with van der Waals surface area (Å²) in [5.74, 6) is 0.